The molecule has 0 aromatic heterocycles. The number of rotatable bonds is 4. The van der Waals surface area contributed by atoms with Gasteiger partial charge in [0.05, 0.1) is 12.2 Å². The van der Waals surface area contributed by atoms with Crippen LogP contribution in [0.4, 0.5) is 0 Å². The topological polar surface area (TPSA) is 32.8 Å². The van der Waals surface area contributed by atoms with Gasteiger partial charge in [-0.2, -0.15) is 0 Å². The van der Waals surface area contributed by atoms with Gasteiger partial charge in [-0.1, -0.05) is 12.1 Å². The number of piperazine rings is 1. The third-order valence-electron chi connectivity index (χ3n) is 3.44. The average Bonchev–Trinajstić information content (AvgIpc) is 2.42. The molecule has 0 amide bonds. The zero-order valence-electron chi connectivity index (χ0n) is 11.8. The Morgan fingerprint density at radius 3 is 2.68 bits per heavy atom. The lowest BCUT2D eigenvalue weighted by Gasteiger charge is -2.32. The molecule has 1 fully saturated rings. The molecule has 4 heteroatoms. The van der Waals surface area contributed by atoms with Crippen molar-refractivity contribution < 1.29 is 9.53 Å². The first kappa shape index (κ1) is 14.0. The van der Waals surface area contributed by atoms with Crippen LogP contribution in [0.3, 0.4) is 0 Å². The van der Waals surface area contributed by atoms with Crippen molar-refractivity contribution in [2.45, 2.75) is 13.5 Å². The zero-order chi connectivity index (χ0) is 13.7. The number of nitrogens with zero attached hydrogens (tertiary/aromatic N) is 2. The number of hydrogen-bond acceptors (Lipinski definition) is 4. The number of benzene rings is 1. The van der Waals surface area contributed by atoms with E-state index in [-0.39, 0.29) is 5.97 Å². The van der Waals surface area contributed by atoms with E-state index >= 15 is 0 Å². The quantitative estimate of drug-likeness (QED) is 0.772. The van der Waals surface area contributed by atoms with E-state index in [1.54, 1.807) is 0 Å². The van der Waals surface area contributed by atoms with Crippen molar-refractivity contribution in [2.24, 2.45) is 0 Å². The van der Waals surface area contributed by atoms with Crippen LogP contribution in [0.15, 0.2) is 24.3 Å². The molecule has 0 unspecified atom stereocenters. The Morgan fingerprint density at radius 1 is 1.26 bits per heavy atom. The predicted molar refractivity (Wildman–Crippen MR) is 75.2 cm³/mol. The molecule has 0 bridgehead atoms. The third kappa shape index (κ3) is 4.04. The molecule has 1 aliphatic heterocycles. The average molecular weight is 262 g/mol. The summed E-state index contributed by atoms with van der Waals surface area (Å²) >= 11 is 0. The molecule has 104 valence electrons. The number of hydrogen-bond donors (Lipinski definition) is 0. The Morgan fingerprint density at radius 2 is 2.00 bits per heavy atom. The van der Waals surface area contributed by atoms with Crippen molar-refractivity contribution in [2.75, 3.05) is 39.8 Å². The zero-order valence-corrected chi connectivity index (χ0v) is 11.8. The molecule has 0 aliphatic carbocycles. The second kappa shape index (κ2) is 6.68. The minimum absolute atomic E-state index is 0.234. The van der Waals surface area contributed by atoms with Gasteiger partial charge in [-0.25, -0.2) is 4.79 Å². The van der Waals surface area contributed by atoms with Crippen LogP contribution in [-0.2, 0) is 11.3 Å². The molecule has 1 heterocycles. The maximum absolute atomic E-state index is 11.7. The first-order chi connectivity index (χ1) is 9.19. The maximum Gasteiger partial charge on any atom is 0.338 e. The van der Waals surface area contributed by atoms with Gasteiger partial charge in [-0.15, -0.1) is 0 Å². The summed E-state index contributed by atoms with van der Waals surface area (Å²) in [4.78, 5) is 16.4. The van der Waals surface area contributed by atoms with Crippen LogP contribution in [0.2, 0.25) is 0 Å². The van der Waals surface area contributed by atoms with Crippen LogP contribution in [0.5, 0.6) is 0 Å². The van der Waals surface area contributed by atoms with Crippen molar-refractivity contribution in [1.82, 2.24) is 9.80 Å². The van der Waals surface area contributed by atoms with Gasteiger partial charge in [-0.3, -0.25) is 4.90 Å². The molecular formula is C15H22N2O2. The smallest absolute Gasteiger partial charge is 0.338 e. The summed E-state index contributed by atoms with van der Waals surface area (Å²) in [5.74, 6) is -0.234. The fraction of sp³-hybridized carbons (Fsp3) is 0.533. The molecule has 19 heavy (non-hydrogen) atoms. The van der Waals surface area contributed by atoms with E-state index in [0.29, 0.717) is 12.2 Å². The number of ether oxygens (including phenoxy) is 1. The van der Waals surface area contributed by atoms with Crippen LogP contribution in [0.1, 0.15) is 22.8 Å². The molecule has 1 aliphatic rings. The summed E-state index contributed by atoms with van der Waals surface area (Å²) in [7, 11) is 2.15. The van der Waals surface area contributed by atoms with Crippen LogP contribution in [0, 0.1) is 0 Å². The van der Waals surface area contributed by atoms with Crippen LogP contribution in [0.25, 0.3) is 0 Å². The fourth-order valence-electron chi connectivity index (χ4n) is 2.28. The summed E-state index contributed by atoms with van der Waals surface area (Å²) in [6.07, 6.45) is 0. The van der Waals surface area contributed by atoms with E-state index in [4.69, 9.17) is 4.74 Å². The largest absolute Gasteiger partial charge is 0.462 e. The number of carbonyl (C=O) groups excluding carboxylic acids is 1. The maximum atomic E-state index is 11.7. The third-order valence-corrected chi connectivity index (χ3v) is 3.44. The SMILES string of the molecule is CCOC(=O)c1cccc(CN2CCN(C)CC2)c1. The van der Waals surface area contributed by atoms with Gasteiger partial charge in [0, 0.05) is 32.7 Å². The lowest BCUT2D eigenvalue weighted by molar-refractivity contribution is 0.0526. The first-order valence-corrected chi connectivity index (χ1v) is 6.86. The molecule has 0 saturated carbocycles. The molecule has 1 aromatic carbocycles. The monoisotopic (exact) mass is 262 g/mol. The van der Waals surface area contributed by atoms with E-state index in [9.17, 15) is 4.79 Å². The van der Waals surface area contributed by atoms with E-state index in [1.807, 2.05) is 25.1 Å². The predicted octanol–water partition coefficient (Wildman–Crippen LogP) is 1.61. The highest BCUT2D eigenvalue weighted by Crippen LogP contribution is 2.11. The highest BCUT2D eigenvalue weighted by Gasteiger charge is 2.14. The van der Waals surface area contributed by atoms with Gasteiger partial charge in [0.25, 0.3) is 0 Å². The van der Waals surface area contributed by atoms with Gasteiger partial charge >= 0.3 is 5.97 Å². The number of esters is 1. The molecular weight excluding hydrogens is 240 g/mol. The molecule has 1 aromatic rings. The van der Waals surface area contributed by atoms with E-state index in [2.05, 4.69) is 22.9 Å². The van der Waals surface area contributed by atoms with Crippen molar-refractivity contribution in [1.29, 1.82) is 0 Å². The number of carbonyl (C=O) groups is 1. The first-order valence-electron chi connectivity index (χ1n) is 6.86. The number of likely N-dealkylation sites (N-methyl/N-ethyl adjacent to an activating group) is 1. The normalized spacial score (nSPS) is 17.4. The molecule has 1 saturated heterocycles. The molecule has 0 N–H and O–H groups in total. The van der Waals surface area contributed by atoms with Gasteiger partial charge < -0.3 is 9.64 Å². The molecule has 0 radical (unpaired) electrons. The lowest BCUT2D eigenvalue weighted by Crippen LogP contribution is -2.43. The van der Waals surface area contributed by atoms with Crippen molar-refractivity contribution >= 4 is 5.97 Å². The Balaban J connectivity index is 1.97. The molecule has 2 rings (SSSR count). The molecule has 4 nitrogen and oxygen atoms in total. The Labute approximate surface area is 115 Å². The second-order valence-corrected chi connectivity index (χ2v) is 5.00. The Bertz CT molecular complexity index is 426. The van der Waals surface area contributed by atoms with Crippen LogP contribution in [-0.4, -0.2) is 55.6 Å². The minimum atomic E-state index is -0.234. The van der Waals surface area contributed by atoms with E-state index in [0.717, 1.165) is 32.7 Å². The van der Waals surface area contributed by atoms with Gasteiger partial charge in [-0.05, 0) is 31.7 Å². The summed E-state index contributed by atoms with van der Waals surface area (Å²) in [6, 6.07) is 7.75. The van der Waals surface area contributed by atoms with Crippen molar-refractivity contribution in [3.05, 3.63) is 35.4 Å². The minimum Gasteiger partial charge on any atom is -0.462 e. The van der Waals surface area contributed by atoms with E-state index in [1.165, 1.54) is 5.56 Å². The molecule has 0 atom stereocenters. The van der Waals surface area contributed by atoms with Crippen LogP contribution < -0.4 is 0 Å². The molecule has 0 spiro atoms. The van der Waals surface area contributed by atoms with E-state index < -0.39 is 0 Å². The summed E-state index contributed by atoms with van der Waals surface area (Å²) in [6.45, 7) is 7.53. The summed E-state index contributed by atoms with van der Waals surface area (Å²) in [5, 5.41) is 0. The Hall–Kier alpha value is -1.39. The lowest BCUT2D eigenvalue weighted by atomic mass is 10.1. The van der Waals surface area contributed by atoms with Gasteiger partial charge in [0.15, 0.2) is 0 Å². The fourth-order valence-corrected chi connectivity index (χ4v) is 2.28. The van der Waals surface area contributed by atoms with Crippen molar-refractivity contribution in [3.63, 3.8) is 0 Å². The standard InChI is InChI=1S/C15H22N2O2/c1-3-19-15(18)14-6-4-5-13(11-14)12-17-9-7-16(2)8-10-17/h4-6,11H,3,7-10,12H2,1-2H3. The highest BCUT2D eigenvalue weighted by molar-refractivity contribution is 5.89. The van der Waals surface area contributed by atoms with Gasteiger partial charge in [0.2, 0.25) is 0 Å². The summed E-state index contributed by atoms with van der Waals surface area (Å²) in [5.41, 5.74) is 1.82. The van der Waals surface area contributed by atoms with Crippen LogP contribution >= 0.6 is 0 Å². The summed E-state index contributed by atoms with van der Waals surface area (Å²) < 4.78 is 5.03. The highest BCUT2D eigenvalue weighted by atomic mass is 16.5. The second-order valence-electron chi connectivity index (χ2n) is 5.00. The van der Waals surface area contributed by atoms with Gasteiger partial charge in [0.1, 0.15) is 0 Å². The van der Waals surface area contributed by atoms with Crippen molar-refractivity contribution in [3.8, 4) is 0 Å². The Kier molecular flexibility index (Phi) is 4.93.